The van der Waals surface area contributed by atoms with Crippen molar-refractivity contribution < 1.29 is 33.8 Å². The molecule has 2 atom stereocenters. The summed E-state index contributed by atoms with van der Waals surface area (Å²) in [7, 11) is 2.70. The molecule has 0 aliphatic carbocycles. The maximum absolute atomic E-state index is 12.3. The normalized spacial score (nSPS) is 11.4. The van der Waals surface area contributed by atoms with Crippen molar-refractivity contribution in [3.63, 3.8) is 0 Å². The zero-order valence-electron chi connectivity index (χ0n) is 24.8. The first kappa shape index (κ1) is 37.7. The zero-order valence-corrected chi connectivity index (χ0v) is 29.6. The molecule has 2 aromatic heterocycles. The number of nitrogens with zero attached hydrogens (tertiary/aromatic N) is 2. The topological polar surface area (TPSA) is 171 Å². The third-order valence-electron chi connectivity index (χ3n) is 6.07. The minimum Gasteiger partial charge on any atom is -0.476 e. The summed E-state index contributed by atoms with van der Waals surface area (Å²) in [6, 6.07) is 14.7. The smallest absolute Gasteiger partial charge is 0.355 e. The van der Waals surface area contributed by atoms with Gasteiger partial charge in [-0.05, 0) is 68.0 Å². The number of nitrogens with two attached hydrogens (primary N) is 1. The van der Waals surface area contributed by atoms with Crippen LogP contribution in [0.15, 0.2) is 67.1 Å². The quantitative estimate of drug-likeness (QED) is 0.161. The Bertz CT molecular complexity index is 1600. The molecule has 0 saturated heterocycles. The molecule has 2 unspecified atom stereocenters. The molecule has 0 aliphatic rings. The van der Waals surface area contributed by atoms with E-state index >= 15 is 0 Å². The van der Waals surface area contributed by atoms with Gasteiger partial charge in [0.25, 0.3) is 5.91 Å². The molecular formula is C30H32Br2N4O7S2. The van der Waals surface area contributed by atoms with Gasteiger partial charge in [-0.15, -0.1) is 22.7 Å². The van der Waals surface area contributed by atoms with Crippen molar-refractivity contribution in [3.8, 4) is 0 Å². The molecule has 240 valence electrons. The van der Waals surface area contributed by atoms with Crippen molar-refractivity contribution in [1.82, 2.24) is 15.3 Å². The Labute approximate surface area is 285 Å². The monoisotopic (exact) mass is 782 g/mol. The molecule has 0 saturated carbocycles. The second kappa shape index (κ2) is 19.1. The molecule has 15 heteroatoms. The van der Waals surface area contributed by atoms with Crippen molar-refractivity contribution in [2.24, 2.45) is 5.73 Å². The molecule has 0 aliphatic heterocycles. The lowest BCUT2D eigenvalue weighted by Crippen LogP contribution is -2.31. The summed E-state index contributed by atoms with van der Waals surface area (Å²) in [6.45, 7) is 3.91. The highest BCUT2D eigenvalue weighted by atomic mass is 79.9. The van der Waals surface area contributed by atoms with Crippen molar-refractivity contribution in [2.45, 2.75) is 38.8 Å². The van der Waals surface area contributed by atoms with Crippen LogP contribution in [0.2, 0.25) is 0 Å². The molecule has 4 rings (SSSR count). The Kier molecular flexibility index (Phi) is 16.0. The minimum atomic E-state index is -0.989. The summed E-state index contributed by atoms with van der Waals surface area (Å²) in [5.41, 5.74) is 10.3. The van der Waals surface area contributed by atoms with E-state index in [1.807, 2.05) is 62.4 Å². The van der Waals surface area contributed by atoms with Gasteiger partial charge in [-0.1, -0.05) is 48.5 Å². The van der Waals surface area contributed by atoms with Crippen molar-refractivity contribution in [2.75, 3.05) is 14.2 Å². The van der Waals surface area contributed by atoms with Gasteiger partial charge < -0.3 is 25.6 Å². The van der Waals surface area contributed by atoms with Crippen LogP contribution in [0, 0.1) is 13.8 Å². The fourth-order valence-electron chi connectivity index (χ4n) is 3.78. The first-order valence-electron chi connectivity index (χ1n) is 13.1. The second-order valence-electron chi connectivity index (χ2n) is 9.18. The summed E-state index contributed by atoms with van der Waals surface area (Å²) in [5, 5.41) is 14.3. The van der Waals surface area contributed by atoms with Crippen molar-refractivity contribution in [1.29, 1.82) is 0 Å². The van der Waals surface area contributed by atoms with E-state index in [-0.39, 0.29) is 42.4 Å². The number of hydrogen-bond donors (Lipinski definition) is 3. The number of carbonyl (C=O) groups excluding carboxylic acids is 3. The van der Waals surface area contributed by atoms with Crippen LogP contribution < -0.4 is 11.1 Å². The lowest BCUT2D eigenvalue weighted by molar-refractivity contribution is -0.142. The predicted molar refractivity (Wildman–Crippen MR) is 179 cm³/mol. The minimum absolute atomic E-state index is 0.0679. The van der Waals surface area contributed by atoms with Crippen LogP contribution in [0.4, 0.5) is 0 Å². The highest BCUT2D eigenvalue weighted by Gasteiger charge is 2.22. The number of aryl methyl sites for hydroxylation is 2. The van der Waals surface area contributed by atoms with Crippen LogP contribution in [0.5, 0.6) is 0 Å². The summed E-state index contributed by atoms with van der Waals surface area (Å²) in [6.07, 6.45) is 0.291. The molecule has 2 aromatic carbocycles. The van der Waals surface area contributed by atoms with Gasteiger partial charge in [0, 0.05) is 16.8 Å². The van der Waals surface area contributed by atoms with E-state index in [0.29, 0.717) is 13.5 Å². The summed E-state index contributed by atoms with van der Waals surface area (Å²) in [4.78, 5) is 52.8. The van der Waals surface area contributed by atoms with E-state index in [1.165, 1.54) is 42.3 Å². The molecule has 0 bridgehead atoms. The molecule has 45 heavy (non-hydrogen) atoms. The number of halogens is 2. The van der Waals surface area contributed by atoms with E-state index < -0.39 is 12.0 Å². The molecule has 11 nitrogen and oxygen atoms in total. The number of benzene rings is 2. The third-order valence-corrected chi connectivity index (χ3v) is 8.80. The van der Waals surface area contributed by atoms with Crippen LogP contribution in [-0.4, -0.2) is 53.1 Å². The Balaban J connectivity index is 0.000000261. The molecule has 0 spiro atoms. The van der Waals surface area contributed by atoms with E-state index in [2.05, 4.69) is 51.9 Å². The first-order valence-corrected chi connectivity index (χ1v) is 16.5. The lowest BCUT2D eigenvalue weighted by atomic mass is 9.98. The van der Waals surface area contributed by atoms with Gasteiger partial charge in [0.2, 0.25) is 0 Å². The second-order valence-corrected chi connectivity index (χ2v) is 13.5. The summed E-state index contributed by atoms with van der Waals surface area (Å²) in [5.74, 6) is -1.97. The number of amides is 1. The fourth-order valence-corrected chi connectivity index (χ4v) is 5.76. The van der Waals surface area contributed by atoms with Crippen LogP contribution in [0.3, 0.4) is 0 Å². The molecular weight excluding hydrogens is 752 g/mol. The highest BCUT2D eigenvalue weighted by molar-refractivity contribution is 9.11. The Hall–Kier alpha value is -3.50. The van der Waals surface area contributed by atoms with Gasteiger partial charge in [-0.25, -0.2) is 14.8 Å². The molecule has 0 fully saturated rings. The van der Waals surface area contributed by atoms with Gasteiger partial charge in [0.05, 0.1) is 33.1 Å². The van der Waals surface area contributed by atoms with Crippen LogP contribution in [0.1, 0.15) is 68.2 Å². The molecule has 0 radical (unpaired) electrons. The number of esters is 2. The number of methoxy groups -OCH3 is 2. The molecule has 4 aromatic rings. The summed E-state index contributed by atoms with van der Waals surface area (Å²) < 4.78 is 10.5. The maximum Gasteiger partial charge on any atom is 0.355 e. The van der Waals surface area contributed by atoms with Crippen molar-refractivity contribution in [3.05, 3.63) is 101 Å². The SMILES string of the molecule is COC(=O)CC(N)c1ccccc1C.COC(=O)CC(NC(=O)c1csc(Br)n1)c1ccccc1C.O=C(O)c1csc(Br)n1. The number of thiazole rings is 2. The van der Waals surface area contributed by atoms with Gasteiger partial charge in [-0.2, -0.15) is 0 Å². The van der Waals surface area contributed by atoms with E-state index in [0.717, 1.165) is 22.3 Å². The van der Waals surface area contributed by atoms with E-state index in [9.17, 15) is 19.2 Å². The highest BCUT2D eigenvalue weighted by Crippen LogP contribution is 2.23. The third kappa shape index (κ3) is 12.8. The summed E-state index contributed by atoms with van der Waals surface area (Å²) >= 11 is 8.86. The number of hydrogen-bond acceptors (Lipinski definition) is 11. The Morgan fingerprint density at radius 2 is 1.29 bits per heavy atom. The standard InChI is InChI=1S/C15H15BrN2O3S.C11H15NO2.C4H2BrNO2S/c1-9-5-3-4-6-10(9)11(7-13(19)21-2)17-14(20)12-8-22-15(16)18-12;1-8-5-3-4-6-9(8)10(12)7-11(13)14-2;5-4-6-2(1-9-4)3(7)8/h3-6,8,11H,7H2,1-2H3,(H,17,20);3-6,10H,7,12H2,1-2H3;1H,(H,7,8). The zero-order chi connectivity index (χ0) is 33.5. The Morgan fingerprint density at radius 1 is 0.822 bits per heavy atom. The van der Waals surface area contributed by atoms with Gasteiger partial charge in [0.1, 0.15) is 5.69 Å². The number of carbonyl (C=O) groups is 4. The number of carboxylic acid groups (broad SMARTS) is 1. The maximum atomic E-state index is 12.3. The van der Waals surface area contributed by atoms with E-state index in [1.54, 1.807) is 5.38 Å². The number of carboxylic acids is 1. The average molecular weight is 785 g/mol. The molecule has 2 heterocycles. The van der Waals surface area contributed by atoms with Crippen molar-refractivity contribution >= 4 is 78.3 Å². The average Bonchev–Trinajstić information content (AvgIpc) is 3.66. The van der Waals surface area contributed by atoms with Crippen LogP contribution in [0.25, 0.3) is 0 Å². The Morgan fingerprint density at radius 3 is 1.71 bits per heavy atom. The van der Waals surface area contributed by atoms with Gasteiger partial charge in [0.15, 0.2) is 13.5 Å². The fraction of sp³-hybridized carbons (Fsp3) is 0.267. The largest absolute Gasteiger partial charge is 0.476 e. The number of aromatic nitrogens is 2. The molecule has 4 N–H and O–H groups in total. The van der Waals surface area contributed by atoms with Gasteiger partial charge in [-0.3, -0.25) is 14.4 Å². The molecule has 1 amide bonds. The number of rotatable bonds is 9. The number of nitrogens with one attached hydrogen (secondary N) is 1. The van der Waals surface area contributed by atoms with Gasteiger partial charge >= 0.3 is 17.9 Å². The predicted octanol–water partition coefficient (Wildman–Crippen LogP) is 6.41. The number of ether oxygens (including phenoxy) is 2. The van der Waals surface area contributed by atoms with Crippen LogP contribution in [-0.2, 0) is 19.1 Å². The lowest BCUT2D eigenvalue weighted by Gasteiger charge is -2.19. The van der Waals surface area contributed by atoms with E-state index in [4.69, 9.17) is 15.6 Å². The number of aromatic carboxylic acids is 1. The van der Waals surface area contributed by atoms with Crippen LogP contribution >= 0.6 is 54.5 Å². The first-order chi connectivity index (χ1) is 21.4.